The molecule has 0 bridgehead atoms. The highest BCUT2D eigenvalue weighted by molar-refractivity contribution is 8.00. The summed E-state index contributed by atoms with van der Waals surface area (Å²) in [5.41, 5.74) is 0.959. The number of hydrogen-bond donors (Lipinski definition) is 2. The quantitative estimate of drug-likeness (QED) is 0.390. The van der Waals surface area contributed by atoms with Gasteiger partial charge >= 0.3 is 6.18 Å². The van der Waals surface area contributed by atoms with Crippen LogP contribution in [0.2, 0.25) is 5.02 Å². The highest BCUT2D eigenvalue weighted by atomic mass is 35.5. The number of anilines is 2. The standard InChI is InChI=1S/C23H18ClF3N2O2S/c1-14-5-2-3-8-18(14)22(31)28-16-6-4-7-17(12-16)32-13-21(30)29-20-11-15(23(25,26)27)9-10-19(20)24/h2-12H,13H2,1H3,(H,28,31)(H,29,30). The predicted molar refractivity (Wildman–Crippen MR) is 121 cm³/mol. The monoisotopic (exact) mass is 478 g/mol. The first-order chi connectivity index (χ1) is 15.1. The Labute approximate surface area is 192 Å². The van der Waals surface area contributed by atoms with Crippen LogP contribution in [0.1, 0.15) is 21.5 Å². The zero-order valence-corrected chi connectivity index (χ0v) is 18.4. The summed E-state index contributed by atoms with van der Waals surface area (Å²) >= 11 is 7.08. The van der Waals surface area contributed by atoms with E-state index >= 15 is 0 Å². The van der Waals surface area contributed by atoms with E-state index in [1.165, 1.54) is 11.8 Å². The number of halogens is 4. The highest BCUT2D eigenvalue weighted by Crippen LogP contribution is 2.34. The van der Waals surface area contributed by atoms with Crippen LogP contribution in [-0.2, 0) is 11.0 Å². The third kappa shape index (κ3) is 6.27. The van der Waals surface area contributed by atoms with Gasteiger partial charge in [0.2, 0.25) is 5.91 Å². The first-order valence-electron chi connectivity index (χ1n) is 9.40. The van der Waals surface area contributed by atoms with Crippen LogP contribution >= 0.6 is 23.4 Å². The molecular weight excluding hydrogens is 461 g/mol. The average Bonchev–Trinajstić information content (AvgIpc) is 2.73. The van der Waals surface area contributed by atoms with Gasteiger partial charge in [0.25, 0.3) is 5.91 Å². The van der Waals surface area contributed by atoms with Gasteiger partial charge < -0.3 is 10.6 Å². The molecule has 0 radical (unpaired) electrons. The fourth-order valence-electron chi connectivity index (χ4n) is 2.82. The van der Waals surface area contributed by atoms with E-state index < -0.39 is 17.6 Å². The molecule has 0 atom stereocenters. The molecule has 9 heteroatoms. The Kier molecular flexibility index (Phi) is 7.48. The summed E-state index contributed by atoms with van der Waals surface area (Å²) in [5.74, 6) is -0.811. The first-order valence-corrected chi connectivity index (χ1v) is 10.8. The van der Waals surface area contributed by atoms with Gasteiger partial charge in [0.05, 0.1) is 22.0 Å². The molecule has 2 N–H and O–H groups in total. The molecule has 0 fully saturated rings. The fourth-order valence-corrected chi connectivity index (χ4v) is 3.74. The lowest BCUT2D eigenvalue weighted by Gasteiger charge is -2.12. The van der Waals surface area contributed by atoms with Crippen molar-refractivity contribution < 1.29 is 22.8 Å². The summed E-state index contributed by atoms with van der Waals surface area (Å²) in [6.07, 6.45) is -4.54. The molecule has 166 valence electrons. The van der Waals surface area contributed by atoms with Crippen LogP contribution in [0.15, 0.2) is 71.6 Å². The Bertz CT molecular complexity index is 1150. The lowest BCUT2D eigenvalue weighted by atomic mass is 10.1. The fraction of sp³-hybridized carbons (Fsp3) is 0.130. The van der Waals surface area contributed by atoms with Gasteiger partial charge in [-0.25, -0.2) is 0 Å². The molecule has 3 aromatic carbocycles. The largest absolute Gasteiger partial charge is 0.416 e. The van der Waals surface area contributed by atoms with E-state index in [1.54, 1.807) is 36.4 Å². The molecule has 32 heavy (non-hydrogen) atoms. The topological polar surface area (TPSA) is 58.2 Å². The number of aryl methyl sites for hydroxylation is 1. The molecule has 0 aliphatic heterocycles. The number of carbonyl (C=O) groups is 2. The summed E-state index contributed by atoms with van der Waals surface area (Å²) in [4.78, 5) is 25.4. The molecule has 2 amide bonds. The van der Waals surface area contributed by atoms with Gasteiger partial charge in [-0.1, -0.05) is 35.9 Å². The van der Waals surface area contributed by atoms with E-state index in [2.05, 4.69) is 10.6 Å². The SMILES string of the molecule is Cc1ccccc1C(=O)Nc1cccc(SCC(=O)Nc2cc(C(F)(F)F)ccc2Cl)c1. The van der Waals surface area contributed by atoms with Crippen molar-refractivity contribution in [2.45, 2.75) is 18.0 Å². The molecule has 0 saturated heterocycles. The van der Waals surface area contributed by atoms with Gasteiger partial charge in [0.1, 0.15) is 0 Å². The highest BCUT2D eigenvalue weighted by Gasteiger charge is 2.31. The molecule has 4 nitrogen and oxygen atoms in total. The molecular formula is C23H18ClF3N2O2S. The second-order valence-electron chi connectivity index (χ2n) is 6.83. The molecule has 0 saturated carbocycles. The van der Waals surface area contributed by atoms with E-state index in [0.717, 1.165) is 23.8 Å². The van der Waals surface area contributed by atoms with Gasteiger partial charge in [-0.05, 0) is 55.0 Å². The van der Waals surface area contributed by atoms with E-state index in [4.69, 9.17) is 11.6 Å². The zero-order chi connectivity index (χ0) is 23.3. The van der Waals surface area contributed by atoms with Crippen molar-refractivity contribution in [1.29, 1.82) is 0 Å². The smallest absolute Gasteiger partial charge is 0.324 e. The van der Waals surface area contributed by atoms with Crippen LogP contribution in [0, 0.1) is 6.92 Å². The number of carbonyl (C=O) groups excluding carboxylic acids is 2. The van der Waals surface area contributed by atoms with Crippen molar-refractivity contribution in [2.24, 2.45) is 0 Å². The Morgan fingerprint density at radius 2 is 1.72 bits per heavy atom. The number of nitrogens with one attached hydrogen (secondary N) is 2. The van der Waals surface area contributed by atoms with Crippen LogP contribution in [0.25, 0.3) is 0 Å². The summed E-state index contributed by atoms with van der Waals surface area (Å²) in [6, 6.07) is 16.9. The maximum atomic E-state index is 12.9. The van der Waals surface area contributed by atoms with E-state index in [0.29, 0.717) is 16.1 Å². The third-order valence-electron chi connectivity index (χ3n) is 4.42. The number of amides is 2. The van der Waals surface area contributed by atoms with Crippen LogP contribution in [0.5, 0.6) is 0 Å². The number of thioether (sulfide) groups is 1. The minimum Gasteiger partial charge on any atom is -0.324 e. The molecule has 3 rings (SSSR count). The van der Waals surface area contributed by atoms with Gasteiger partial charge in [0.15, 0.2) is 0 Å². The summed E-state index contributed by atoms with van der Waals surface area (Å²) in [6.45, 7) is 1.84. The first kappa shape index (κ1) is 23.7. The molecule has 0 heterocycles. The maximum Gasteiger partial charge on any atom is 0.416 e. The van der Waals surface area contributed by atoms with Crippen LogP contribution in [0.4, 0.5) is 24.5 Å². The van der Waals surface area contributed by atoms with Gasteiger partial charge in [-0.2, -0.15) is 13.2 Å². The molecule has 0 aliphatic rings. The molecule has 0 aromatic heterocycles. The maximum absolute atomic E-state index is 12.9. The average molecular weight is 479 g/mol. The third-order valence-corrected chi connectivity index (χ3v) is 5.74. The van der Waals surface area contributed by atoms with Crippen LogP contribution in [-0.4, -0.2) is 17.6 Å². The lowest BCUT2D eigenvalue weighted by Crippen LogP contribution is -2.15. The van der Waals surface area contributed by atoms with Gasteiger partial charge in [0, 0.05) is 16.1 Å². The molecule has 0 unspecified atom stereocenters. The Hall–Kier alpha value is -2.97. The zero-order valence-electron chi connectivity index (χ0n) is 16.8. The number of hydrogen-bond acceptors (Lipinski definition) is 3. The van der Waals surface area contributed by atoms with Gasteiger partial charge in [-0.3, -0.25) is 9.59 Å². The summed E-state index contributed by atoms with van der Waals surface area (Å²) in [7, 11) is 0. The number of benzene rings is 3. The lowest BCUT2D eigenvalue weighted by molar-refractivity contribution is -0.137. The van der Waals surface area contributed by atoms with Crippen molar-refractivity contribution >= 4 is 46.6 Å². The second-order valence-corrected chi connectivity index (χ2v) is 8.28. The van der Waals surface area contributed by atoms with E-state index in [-0.39, 0.29) is 22.4 Å². The minimum atomic E-state index is -4.54. The van der Waals surface area contributed by atoms with E-state index in [1.807, 2.05) is 19.1 Å². The Morgan fingerprint density at radius 3 is 2.44 bits per heavy atom. The summed E-state index contributed by atoms with van der Waals surface area (Å²) < 4.78 is 38.6. The van der Waals surface area contributed by atoms with Crippen LogP contribution < -0.4 is 10.6 Å². The van der Waals surface area contributed by atoms with Gasteiger partial charge in [-0.15, -0.1) is 11.8 Å². The van der Waals surface area contributed by atoms with Crippen molar-refractivity contribution in [3.8, 4) is 0 Å². The minimum absolute atomic E-state index is 0.0114. The van der Waals surface area contributed by atoms with Crippen molar-refractivity contribution in [3.63, 3.8) is 0 Å². The second kappa shape index (κ2) is 10.1. The van der Waals surface area contributed by atoms with Crippen LogP contribution in [0.3, 0.4) is 0 Å². The number of alkyl halides is 3. The number of rotatable bonds is 6. The Morgan fingerprint density at radius 1 is 0.969 bits per heavy atom. The molecule has 0 aliphatic carbocycles. The Balaban J connectivity index is 1.61. The van der Waals surface area contributed by atoms with Crippen molar-refractivity contribution in [3.05, 3.63) is 88.4 Å². The normalized spacial score (nSPS) is 11.2. The molecule has 3 aromatic rings. The van der Waals surface area contributed by atoms with E-state index in [9.17, 15) is 22.8 Å². The summed E-state index contributed by atoms with van der Waals surface area (Å²) in [5, 5.41) is 5.24. The predicted octanol–water partition coefficient (Wildman–Crippen LogP) is 6.65. The van der Waals surface area contributed by atoms with Crippen molar-refractivity contribution in [2.75, 3.05) is 16.4 Å². The molecule has 0 spiro atoms. The van der Waals surface area contributed by atoms with Crippen molar-refractivity contribution in [1.82, 2.24) is 0 Å².